The van der Waals surface area contributed by atoms with Crippen LogP contribution in [0.25, 0.3) is 0 Å². The molecule has 0 aliphatic carbocycles. The molecule has 0 aromatic heterocycles. The molecule has 112 valence electrons. The van der Waals surface area contributed by atoms with Crippen LogP contribution in [0.5, 0.6) is 0 Å². The van der Waals surface area contributed by atoms with Crippen molar-refractivity contribution in [3.8, 4) is 0 Å². The van der Waals surface area contributed by atoms with Crippen LogP contribution in [0.15, 0.2) is 0 Å². The molecule has 19 heavy (non-hydrogen) atoms. The van der Waals surface area contributed by atoms with Crippen molar-refractivity contribution in [1.82, 2.24) is 10.2 Å². The van der Waals surface area contributed by atoms with Gasteiger partial charge in [-0.25, -0.2) is 0 Å². The number of nitrogens with two attached hydrogens (primary N) is 1. The molecule has 1 heterocycles. The Labute approximate surface area is 121 Å². The number of hydrogen-bond donors (Lipinski definition) is 2. The maximum absolute atomic E-state index is 12.0. The predicted molar refractivity (Wildman–Crippen MR) is 78.1 cm³/mol. The van der Waals surface area contributed by atoms with E-state index < -0.39 is 12.1 Å². The molecular formula is C13H26ClN3O2. The Balaban J connectivity index is 0.00000324. The first-order valence-corrected chi connectivity index (χ1v) is 6.74. The highest BCUT2D eigenvalue weighted by Crippen LogP contribution is 2.15. The summed E-state index contributed by atoms with van der Waals surface area (Å²) < 4.78 is 0. The minimum absolute atomic E-state index is 0. The number of rotatable bonds is 5. The van der Waals surface area contributed by atoms with Gasteiger partial charge in [0.05, 0.1) is 6.04 Å². The molecule has 3 N–H and O–H groups in total. The van der Waals surface area contributed by atoms with Gasteiger partial charge in [-0.2, -0.15) is 0 Å². The Morgan fingerprint density at radius 2 is 2.05 bits per heavy atom. The number of carbonyl (C=O) groups excluding carboxylic acids is 2. The number of halogens is 1. The third-order valence-electron chi connectivity index (χ3n) is 3.74. The van der Waals surface area contributed by atoms with Gasteiger partial charge in [-0.3, -0.25) is 9.59 Å². The zero-order valence-electron chi connectivity index (χ0n) is 12.2. The lowest BCUT2D eigenvalue weighted by molar-refractivity contribution is -0.134. The van der Waals surface area contributed by atoms with Gasteiger partial charge in [0.15, 0.2) is 0 Å². The highest BCUT2D eigenvalue weighted by atomic mass is 35.5. The molecule has 0 saturated carbocycles. The van der Waals surface area contributed by atoms with Crippen LogP contribution >= 0.6 is 12.4 Å². The summed E-state index contributed by atoms with van der Waals surface area (Å²) >= 11 is 0. The fourth-order valence-corrected chi connectivity index (χ4v) is 2.13. The van der Waals surface area contributed by atoms with E-state index in [1.165, 1.54) is 0 Å². The molecule has 0 bridgehead atoms. The Morgan fingerprint density at radius 1 is 1.47 bits per heavy atom. The first-order chi connectivity index (χ1) is 8.38. The molecule has 0 radical (unpaired) electrons. The van der Waals surface area contributed by atoms with Gasteiger partial charge in [-0.15, -0.1) is 12.4 Å². The molecule has 1 aliphatic heterocycles. The second-order valence-corrected chi connectivity index (χ2v) is 5.39. The SMILES string of the molecule is CCC(C)C(N)C(=O)NC1CCN(C(C)C)C1=O.Cl. The second kappa shape index (κ2) is 7.70. The maximum Gasteiger partial charge on any atom is 0.245 e. The zero-order valence-corrected chi connectivity index (χ0v) is 13.0. The predicted octanol–water partition coefficient (Wildman–Crippen LogP) is 0.907. The van der Waals surface area contributed by atoms with Crippen molar-refractivity contribution in [3.63, 3.8) is 0 Å². The Hall–Kier alpha value is -0.810. The molecule has 0 aromatic carbocycles. The molecule has 6 heteroatoms. The van der Waals surface area contributed by atoms with Crippen molar-refractivity contribution in [3.05, 3.63) is 0 Å². The van der Waals surface area contributed by atoms with Crippen LogP contribution < -0.4 is 11.1 Å². The number of amides is 2. The van der Waals surface area contributed by atoms with Gasteiger partial charge < -0.3 is 16.0 Å². The molecule has 2 amide bonds. The van der Waals surface area contributed by atoms with Crippen molar-refractivity contribution in [2.24, 2.45) is 11.7 Å². The molecule has 1 fully saturated rings. The third kappa shape index (κ3) is 4.35. The lowest BCUT2D eigenvalue weighted by Gasteiger charge is -2.22. The maximum atomic E-state index is 12.0. The van der Waals surface area contributed by atoms with Gasteiger partial charge in [0.2, 0.25) is 11.8 Å². The van der Waals surface area contributed by atoms with Gasteiger partial charge in [-0.05, 0) is 26.2 Å². The normalized spacial score (nSPS) is 22.1. The van der Waals surface area contributed by atoms with Crippen LogP contribution in [-0.4, -0.2) is 41.4 Å². The summed E-state index contributed by atoms with van der Waals surface area (Å²) in [4.78, 5) is 25.7. The minimum atomic E-state index is -0.532. The van der Waals surface area contributed by atoms with Gasteiger partial charge >= 0.3 is 0 Å². The summed E-state index contributed by atoms with van der Waals surface area (Å²) in [6.07, 6.45) is 1.53. The zero-order chi connectivity index (χ0) is 13.9. The molecule has 5 nitrogen and oxygen atoms in total. The summed E-state index contributed by atoms with van der Waals surface area (Å²) in [7, 11) is 0. The summed E-state index contributed by atoms with van der Waals surface area (Å²) in [6.45, 7) is 8.61. The van der Waals surface area contributed by atoms with Crippen LogP contribution in [-0.2, 0) is 9.59 Å². The minimum Gasteiger partial charge on any atom is -0.343 e. The lowest BCUT2D eigenvalue weighted by Crippen LogP contribution is -2.51. The number of nitrogens with zero attached hydrogens (tertiary/aromatic N) is 1. The average Bonchev–Trinajstić information content (AvgIpc) is 2.69. The Morgan fingerprint density at radius 3 is 2.47 bits per heavy atom. The molecule has 0 aromatic rings. The molecule has 1 saturated heterocycles. The monoisotopic (exact) mass is 291 g/mol. The van der Waals surface area contributed by atoms with Crippen molar-refractivity contribution in [1.29, 1.82) is 0 Å². The number of carbonyl (C=O) groups is 2. The fourth-order valence-electron chi connectivity index (χ4n) is 2.13. The number of likely N-dealkylation sites (tertiary alicyclic amines) is 1. The Bertz CT molecular complexity index is 323. The van der Waals surface area contributed by atoms with E-state index >= 15 is 0 Å². The molecule has 1 rings (SSSR count). The highest BCUT2D eigenvalue weighted by Gasteiger charge is 2.35. The van der Waals surface area contributed by atoms with Gasteiger partial charge in [0.25, 0.3) is 0 Å². The van der Waals surface area contributed by atoms with Crippen LogP contribution in [0.1, 0.15) is 40.5 Å². The summed E-state index contributed by atoms with van der Waals surface area (Å²) in [5.41, 5.74) is 5.85. The third-order valence-corrected chi connectivity index (χ3v) is 3.74. The largest absolute Gasteiger partial charge is 0.343 e. The van der Waals surface area contributed by atoms with Gasteiger partial charge in [0, 0.05) is 12.6 Å². The van der Waals surface area contributed by atoms with E-state index in [4.69, 9.17) is 5.73 Å². The van der Waals surface area contributed by atoms with E-state index in [0.29, 0.717) is 13.0 Å². The van der Waals surface area contributed by atoms with Gasteiger partial charge in [0.1, 0.15) is 6.04 Å². The smallest absolute Gasteiger partial charge is 0.245 e. The summed E-state index contributed by atoms with van der Waals surface area (Å²) in [5.74, 6) is -0.0780. The molecular weight excluding hydrogens is 266 g/mol. The van der Waals surface area contributed by atoms with E-state index in [1.54, 1.807) is 4.90 Å². The quantitative estimate of drug-likeness (QED) is 0.790. The van der Waals surface area contributed by atoms with E-state index in [2.05, 4.69) is 5.32 Å². The standard InChI is InChI=1S/C13H25N3O2.ClH/c1-5-9(4)11(14)12(17)15-10-6-7-16(8(2)3)13(10)18;/h8-11H,5-7,14H2,1-4H3,(H,15,17);1H. The van der Waals surface area contributed by atoms with Crippen LogP contribution in [0.2, 0.25) is 0 Å². The fraction of sp³-hybridized carbons (Fsp3) is 0.846. The topological polar surface area (TPSA) is 75.4 Å². The van der Waals surface area contributed by atoms with E-state index in [1.807, 2.05) is 27.7 Å². The van der Waals surface area contributed by atoms with Crippen molar-refractivity contribution >= 4 is 24.2 Å². The van der Waals surface area contributed by atoms with Crippen LogP contribution in [0.3, 0.4) is 0 Å². The molecule has 3 atom stereocenters. The number of hydrogen-bond acceptors (Lipinski definition) is 3. The summed E-state index contributed by atoms with van der Waals surface area (Å²) in [6, 6.07) is -0.742. The van der Waals surface area contributed by atoms with Crippen LogP contribution in [0, 0.1) is 5.92 Å². The van der Waals surface area contributed by atoms with Crippen molar-refractivity contribution in [2.45, 2.75) is 58.7 Å². The molecule has 1 aliphatic rings. The average molecular weight is 292 g/mol. The van der Waals surface area contributed by atoms with Crippen molar-refractivity contribution < 1.29 is 9.59 Å². The van der Waals surface area contributed by atoms with Crippen molar-refractivity contribution in [2.75, 3.05) is 6.54 Å². The Kier molecular flexibility index (Phi) is 7.37. The van der Waals surface area contributed by atoms with E-state index in [-0.39, 0.29) is 36.2 Å². The number of nitrogens with one attached hydrogen (secondary N) is 1. The summed E-state index contributed by atoms with van der Waals surface area (Å²) in [5, 5.41) is 2.77. The molecule has 0 spiro atoms. The lowest BCUT2D eigenvalue weighted by atomic mass is 9.99. The second-order valence-electron chi connectivity index (χ2n) is 5.39. The van der Waals surface area contributed by atoms with E-state index in [0.717, 1.165) is 6.42 Å². The van der Waals surface area contributed by atoms with Gasteiger partial charge in [-0.1, -0.05) is 20.3 Å². The first kappa shape index (κ1) is 18.2. The highest BCUT2D eigenvalue weighted by molar-refractivity contribution is 5.91. The molecule has 3 unspecified atom stereocenters. The van der Waals surface area contributed by atoms with E-state index in [9.17, 15) is 9.59 Å². The first-order valence-electron chi connectivity index (χ1n) is 6.74. The van der Waals surface area contributed by atoms with Crippen LogP contribution in [0.4, 0.5) is 0 Å².